The molecule has 2 aromatic rings. The van der Waals surface area contributed by atoms with Crippen LogP contribution in [0, 0.1) is 0 Å². The van der Waals surface area contributed by atoms with Crippen molar-refractivity contribution in [2.45, 2.75) is 0 Å². The maximum Gasteiger partial charge on any atom is 0.337 e. The highest BCUT2D eigenvalue weighted by molar-refractivity contribution is 6.20. The number of carboxylic acid groups (broad SMARTS) is 1. The number of phenols is 1. The Morgan fingerprint density at radius 2 is 1.73 bits per heavy atom. The van der Waals surface area contributed by atoms with E-state index in [1.807, 2.05) is 0 Å². The van der Waals surface area contributed by atoms with E-state index >= 15 is 0 Å². The van der Waals surface area contributed by atoms with Gasteiger partial charge in [0.1, 0.15) is 5.75 Å². The number of carbonyl (C=O) groups is 2. The molecule has 0 saturated carbocycles. The molecule has 0 aliphatic carbocycles. The Morgan fingerprint density at radius 3 is 2.27 bits per heavy atom. The standard InChI is InChI=1S/C17H14O5/c1-22-17(21)12-7-5-11(6-8-12)9-15(16(19)20)13-3-2-4-14(18)10-13/h2-10,18H,1H3,(H,19,20)/b15-9-. The number of methoxy groups -OCH3 is 1. The molecule has 2 rings (SSSR count). The second-order valence-electron chi connectivity index (χ2n) is 4.53. The predicted octanol–water partition coefficient (Wildman–Crippen LogP) is 2.80. The van der Waals surface area contributed by atoms with Crippen molar-refractivity contribution in [3.05, 3.63) is 65.2 Å². The molecule has 0 aromatic heterocycles. The summed E-state index contributed by atoms with van der Waals surface area (Å²) in [5.74, 6) is -1.57. The lowest BCUT2D eigenvalue weighted by molar-refractivity contribution is -0.130. The third kappa shape index (κ3) is 3.52. The van der Waals surface area contributed by atoms with Gasteiger partial charge in [0.15, 0.2) is 0 Å². The first-order valence-corrected chi connectivity index (χ1v) is 6.44. The normalized spacial score (nSPS) is 11.0. The summed E-state index contributed by atoms with van der Waals surface area (Å²) in [6, 6.07) is 12.4. The molecule has 0 aliphatic rings. The summed E-state index contributed by atoms with van der Waals surface area (Å²) in [7, 11) is 1.29. The molecule has 0 fully saturated rings. The van der Waals surface area contributed by atoms with Crippen molar-refractivity contribution in [1.82, 2.24) is 0 Å². The molecule has 112 valence electrons. The fourth-order valence-electron chi connectivity index (χ4n) is 1.94. The number of hydrogen-bond acceptors (Lipinski definition) is 4. The van der Waals surface area contributed by atoms with Crippen LogP contribution in [-0.2, 0) is 9.53 Å². The van der Waals surface area contributed by atoms with Gasteiger partial charge in [-0.2, -0.15) is 0 Å². The number of hydrogen-bond donors (Lipinski definition) is 2. The number of carbonyl (C=O) groups excluding carboxylic acids is 1. The van der Waals surface area contributed by atoms with E-state index in [9.17, 15) is 19.8 Å². The Morgan fingerprint density at radius 1 is 1.05 bits per heavy atom. The van der Waals surface area contributed by atoms with Crippen LogP contribution in [0.2, 0.25) is 0 Å². The fourth-order valence-corrected chi connectivity index (χ4v) is 1.94. The van der Waals surface area contributed by atoms with E-state index in [4.69, 9.17) is 0 Å². The maximum atomic E-state index is 11.4. The second-order valence-corrected chi connectivity index (χ2v) is 4.53. The van der Waals surface area contributed by atoms with E-state index in [1.54, 1.807) is 36.4 Å². The van der Waals surface area contributed by atoms with Crippen LogP contribution in [0.4, 0.5) is 0 Å². The van der Waals surface area contributed by atoms with Gasteiger partial charge in [0.25, 0.3) is 0 Å². The highest BCUT2D eigenvalue weighted by Gasteiger charge is 2.11. The van der Waals surface area contributed by atoms with Gasteiger partial charge in [0, 0.05) is 0 Å². The van der Waals surface area contributed by atoms with Gasteiger partial charge in [0.2, 0.25) is 0 Å². The Bertz CT molecular complexity index is 729. The molecule has 2 N–H and O–H groups in total. The van der Waals surface area contributed by atoms with Crippen LogP contribution >= 0.6 is 0 Å². The van der Waals surface area contributed by atoms with Crippen LogP contribution in [0.5, 0.6) is 5.75 Å². The molecule has 0 heterocycles. The topological polar surface area (TPSA) is 83.8 Å². The Hall–Kier alpha value is -3.08. The molecule has 2 aromatic carbocycles. The van der Waals surface area contributed by atoms with Crippen LogP contribution in [-0.4, -0.2) is 29.3 Å². The summed E-state index contributed by atoms with van der Waals surface area (Å²) >= 11 is 0. The summed E-state index contributed by atoms with van der Waals surface area (Å²) in [5, 5.41) is 18.8. The average molecular weight is 298 g/mol. The fraction of sp³-hybridized carbons (Fsp3) is 0.0588. The minimum absolute atomic E-state index is 0.00862. The van der Waals surface area contributed by atoms with Crippen molar-refractivity contribution < 1.29 is 24.5 Å². The number of phenolic OH excluding ortho intramolecular Hbond substituents is 1. The van der Waals surface area contributed by atoms with Gasteiger partial charge < -0.3 is 14.9 Å². The zero-order chi connectivity index (χ0) is 16.1. The SMILES string of the molecule is COC(=O)c1ccc(/C=C(\C(=O)O)c2cccc(O)c2)cc1. The minimum atomic E-state index is -1.11. The third-order valence-corrected chi connectivity index (χ3v) is 3.03. The summed E-state index contributed by atoms with van der Waals surface area (Å²) < 4.78 is 4.60. The molecular weight excluding hydrogens is 284 g/mol. The number of esters is 1. The summed E-state index contributed by atoms with van der Waals surface area (Å²) in [6.45, 7) is 0. The molecule has 22 heavy (non-hydrogen) atoms. The number of rotatable bonds is 4. The molecule has 0 bridgehead atoms. The number of aliphatic carboxylic acids is 1. The van der Waals surface area contributed by atoms with Crippen molar-refractivity contribution in [3.63, 3.8) is 0 Å². The Balaban J connectivity index is 2.39. The van der Waals surface area contributed by atoms with Gasteiger partial charge >= 0.3 is 11.9 Å². The summed E-state index contributed by atoms with van der Waals surface area (Å²) in [5.41, 5.74) is 1.44. The van der Waals surface area contributed by atoms with E-state index in [0.29, 0.717) is 16.7 Å². The number of aromatic hydroxyl groups is 1. The van der Waals surface area contributed by atoms with E-state index in [0.717, 1.165) is 0 Å². The van der Waals surface area contributed by atoms with Crippen molar-refractivity contribution in [1.29, 1.82) is 0 Å². The van der Waals surface area contributed by atoms with Crippen LogP contribution < -0.4 is 0 Å². The molecule has 0 amide bonds. The van der Waals surface area contributed by atoms with Crippen LogP contribution in [0.25, 0.3) is 11.6 Å². The quantitative estimate of drug-likeness (QED) is 0.515. The minimum Gasteiger partial charge on any atom is -0.508 e. The molecular formula is C17H14O5. The largest absolute Gasteiger partial charge is 0.508 e. The monoisotopic (exact) mass is 298 g/mol. The number of benzene rings is 2. The highest BCUT2D eigenvalue weighted by atomic mass is 16.5. The lowest BCUT2D eigenvalue weighted by Crippen LogP contribution is -2.01. The van der Waals surface area contributed by atoms with Crippen molar-refractivity contribution in [2.75, 3.05) is 7.11 Å². The second kappa shape index (κ2) is 6.58. The van der Waals surface area contributed by atoms with Crippen molar-refractivity contribution >= 4 is 23.6 Å². The summed E-state index contributed by atoms with van der Waals surface area (Å²) in [6.07, 6.45) is 1.47. The van der Waals surface area contributed by atoms with E-state index in [-0.39, 0.29) is 11.3 Å². The lowest BCUT2D eigenvalue weighted by atomic mass is 10.0. The van der Waals surface area contributed by atoms with Crippen molar-refractivity contribution in [3.8, 4) is 5.75 Å². The van der Waals surface area contributed by atoms with Crippen molar-refractivity contribution in [2.24, 2.45) is 0 Å². The molecule has 0 radical (unpaired) electrons. The molecule has 0 spiro atoms. The van der Waals surface area contributed by atoms with Gasteiger partial charge in [0.05, 0.1) is 18.2 Å². The molecule has 0 saturated heterocycles. The zero-order valence-electron chi connectivity index (χ0n) is 11.8. The van der Waals surface area contributed by atoms with E-state index < -0.39 is 11.9 Å². The Labute approximate surface area is 127 Å². The average Bonchev–Trinajstić information content (AvgIpc) is 2.52. The molecule has 5 nitrogen and oxygen atoms in total. The van der Waals surface area contributed by atoms with Gasteiger partial charge in [-0.25, -0.2) is 9.59 Å². The molecule has 0 unspecified atom stereocenters. The maximum absolute atomic E-state index is 11.4. The highest BCUT2D eigenvalue weighted by Crippen LogP contribution is 2.22. The predicted molar refractivity (Wildman–Crippen MR) is 81.4 cm³/mol. The van der Waals surface area contributed by atoms with Crippen LogP contribution in [0.3, 0.4) is 0 Å². The lowest BCUT2D eigenvalue weighted by Gasteiger charge is -2.05. The number of ether oxygens (including phenoxy) is 1. The molecule has 5 heteroatoms. The number of carboxylic acids is 1. The summed E-state index contributed by atoms with van der Waals surface area (Å²) in [4.78, 5) is 22.8. The molecule has 0 atom stereocenters. The van der Waals surface area contributed by atoms with Gasteiger partial charge in [-0.1, -0.05) is 24.3 Å². The first-order chi connectivity index (χ1) is 10.5. The van der Waals surface area contributed by atoms with Gasteiger partial charge in [-0.05, 0) is 41.5 Å². The molecule has 0 aliphatic heterocycles. The van der Waals surface area contributed by atoms with E-state index in [2.05, 4.69) is 4.74 Å². The third-order valence-electron chi connectivity index (χ3n) is 3.03. The zero-order valence-corrected chi connectivity index (χ0v) is 11.8. The first kappa shape index (κ1) is 15.3. The van der Waals surface area contributed by atoms with Gasteiger partial charge in [-0.15, -0.1) is 0 Å². The van der Waals surface area contributed by atoms with E-state index in [1.165, 1.54) is 25.3 Å². The Kier molecular flexibility index (Phi) is 4.58. The smallest absolute Gasteiger partial charge is 0.337 e. The first-order valence-electron chi connectivity index (χ1n) is 6.44. The van der Waals surface area contributed by atoms with Gasteiger partial charge in [-0.3, -0.25) is 0 Å². The van der Waals surface area contributed by atoms with Crippen LogP contribution in [0.15, 0.2) is 48.5 Å². The van der Waals surface area contributed by atoms with Crippen LogP contribution in [0.1, 0.15) is 21.5 Å².